The molecule has 0 aliphatic rings. The van der Waals surface area contributed by atoms with Crippen LogP contribution in [0.2, 0.25) is 0 Å². The topological polar surface area (TPSA) is 90.3 Å². The first-order chi connectivity index (χ1) is 11.3. The van der Waals surface area contributed by atoms with Gasteiger partial charge in [-0.25, -0.2) is 17.9 Å². The van der Waals surface area contributed by atoms with E-state index in [9.17, 15) is 13.2 Å². The molecule has 2 aromatic rings. The minimum atomic E-state index is -3.79. The van der Waals surface area contributed by atoms with Crippen LogP contribution in [0.4, 0.5) is 0 Å². The van der Waals surface area contributed by atoms with Crippen molar-refractivity contribution in [1.82, 2.24) is 14.3 Å². The van der Waals surface area contributed by atoms with Crippen molar-refractivity contribution in [2.45, 2.75) is 32.2 Å². The maximum absolute atomic E-state index is 12.7. The van der Waals surface area contributed by atoms with E-state index in [1.54, 1.807) is 56.8 Å². The second kappa shape index (κ2) is 7.14. The number of nitrogens with one attached hydrogen (secondary N) is 1. The van der Waals surface area contributed by atoms with Gasteiger partial charge in [-0.05, 0) is 32.9 Å². The molecule has 0 bridgehead atoms. The van der Waals surface area contributed by atoms with Crippen molar-refractivity contribution in [1.29, 1.82) is 0 Å². The summed E-state index contributed by atoms with van der Waals surface area (Å²) in [4.78, 5) is 16.3. The number of esters is 1. The van der Waals surface area contributed by atoms with Crippen LogP contribution in [0.1, 0.15) is 34.4 Å². The highest BCUT2D eigenvalue weighted by molar-refractivity contribution is 7.89. The number of nitrogens with zero attached hydrogens (tertiary/aromatic N) is 2. The molecule has 2 aromatic heterocycles. The normalized spacial score (nSPS) is 11.5. The van der Waals surface area contributed by atoms with Crippen LogP contribution in [-0.2, 0) is 28.4 Å². The van der Waals surface area contributed by atoms with E-state index in [4.69, 9.17) is 4.74 Å². The molecule has 0 spiro atoms. The maximum Gasteiger partial charge on any atom is 0.355 e. The van der Waals surface area contributed by atoms with Gasteiger partial charge in [0, 0.05) is 24.5 Å². The van der Waals surface area contributed by atoms with Gasteiger partial charge in [-0.1, -0.05) is 6.07 Å². The predicted molar refractivity (Wildman–Crippen MR) is 89.1 cm³/mol. The first kappa shape index (κ1) is 18.2. The Kier molecular flexibility index (Phi) is 5.40. The van der Waals surface area contributed by atoms with Gasteiger partial charge in [-0.15, -0.1) is 0 Å². The van der Waals surface area contributed by atoms with E-state index in [1.807, 2.05) is 0 Å². The van der Waals surface area contributed by atoms with Crippen molar-refractivity contribution in [2.75, 3.05) is 6.61 Å². The lowest BCUT2D eigenvalue weighted by atomic mass is 10.2. The van der Waals surface area contributed by atoms with Crippen LogP contribution < -0.4 is 4.72 Å². The first-order valence-corrected chi connectivity index (χ1v) is 9.00. The quantitative estimate of drug-likeness (QED) is 0.800. The van der Waals surface area contributed by atoms with Gasteiger partial charge in [-0.3, -0.25) is 4.98 Å². The molecule has 0 saturated carbocycles. The number of hydrogen-bond donors (Lipinski definition) is 1. The summed E-state index contributed by atoms with van der Waals surface area (Å²) >= 11 is 0. The molecule has 2 rings (SSSR count). The molecule has 130 valence electrons. The minimum Gasteiger partial charge on any atom is -0.461 e. The SMILES string of the molecule is CCOC(=O)c1c(C)c(S(=O)(=O)NCc2ccccn2)c(C)n1C. The molecule has 8 heteroatoms. The third kappa shape index (κ3) is 3.49. The van der Waals surface area contributed by atoms with E-state index in [-0.39, 0.29) is 23.7 Å². The molecule has 0 fully saturated rings. The Bertz CT molecular complexity index is 842. The number of rotatable bonds is 6. The number of carbonyl (C=O) groups is 1. The summed E-state index contributed by atoms with van der Waals surface area (Å²) in [7, 11) is -2.14. The molecule has 24 heavy (non-hydrogen) atoms. The average molecular weight is 351 g/mol. The Morgan fingerprint density at radius 1 is 1.33 bits per heavy atom. The van der Waals surface area contributed by atoms with Gasteiger partial charge in [0.05, 0.1) is 18.8 Å². The third-order valence-electron chi connectivity index (χ3n) is 3.77. The average Bonchev–Trinajstić information content (AvgIpc) is 2.77. The number of carbonyl (C=O) groups excluding carboxylic acids is 1. The van der Waals surface area contributed by atoms with Crippen LogP contribution in [0.3, 0.4) is 0 Å². The fraction of sp³-hybridized carbons (Fsp3) is 0.375. The first-order valence-electron chi connectivity index (χ1n) is 7.52. The van der Waals surface area contributed by atoms with E-state index in [2.05, 4.69) is 9.71 Å². The summed E-state index contributed by atoms with van der Waals surface area (Å²) in [5.74, 6) is -0.535. The number of hydrogen-bond acceptors (Lipinski definition) is 5. The molecule has 0 saturated heterocycles. The molecule has 0 aromatic carbocycles. The summed E-state index contributed by atoms with van der Waals surface area (Å²) in [5.41, 5.74) is 1.71. The van der Waals surface area contributed by atoms with Gasteiger partial charge in [0.15, 0.2) is 0 Å². The van der Waals surface area contributed by atoms with Gasteiger partial charge in [0.2, 0.25) is 10.0 Å². The van der Waals surface area contributed by atoms with Crippen LogP contribution in [-0.4, -0.2) is 30.5 Å². The van der Waals surface area contributed by atoms with E-state index >= 15 is 0 Å². The zero-order valence-corrected chi connectivity index (χ0v) is 15.0. The molecule has 0 unspecified atom stereocenters. The molecule has 0 aliphatic carbocycles. The van der Waals surface area contributed by atoms with E-state index in [0.29, 0.717) is 17.0 Å². The van der Waals surface area contributed by atoms with Crippen molar-refractivity contribution >= 4 is 16.0 Å². The standard InChI is InChI=1S/C16H21N3O4S/c1-5-23-16(20)14-11(2)15(12(3)19(14)4)24(21,22)18-10-13-8-6-7-9-17-13/h6-9,18H,5,10H2,1-4H3. The molecular formula is C16H21N3O4S. The van der Waals surface area contributed by atoms with Crippen LogP contribution >= 0.6 is 0 Å². The molecular weight excluding hydrogens is 330 g/mol. The number of aromatic nitrogens is 2. The smallest absolute Gasteiger partial charge is 0.355 e. The summed E-state index contributed by atoms with van der Waals surface area (Å²) in [6.45, 7) is 5.27. The third-order valence-corrected chi connectivity index (χ3v) is 5.43. The maximum atomic E-state index is 12.7. The highest BCUT2D eigenvalue weighted by Crippen LogP contribution is 2.26. The lowest BCUT2D eigenvalue weighted by Gasteiger charge is -2.07. The lowest BCUT2D eigenvalue weighted by molar-refractivity contribution is 0.0514. The summed E-state index contributed by atoms with van der Waals surface area (Å²) in [6, 6.07) is 5.28. The van der Waals surface area contributed by atoms with E-state index in [0.717, 1.165) is 0 Å². The monoisotopic (exact) mass is 351 g/mol. The zero-order valence-electron chi connectivity index (χ0n) is 14.2. The van der Waals surface area contributed by atoms with Crippen molar-refractivity contribution in [2.24, 2.45) is 7.05 Å². The van der Waals surface area contributed by atoms with Crippen molar-refractivity contribution in [3.8, 4) is 0 Å². The Balaban J connectivity index is 2.37. The predicted octanol–water partition coefficient (Wildman–Crippen LogP) is 1.69. The highest BCUT2D eigenvalue weighted by Gasteiger charge is 2.29. The molecule has 0 atom stereocenters. The molecule has 0 aliphatic heterocycles. The summed E-state index contributed by atoms with van der Waals surface area (Å²) in [6.07, 6.45) is 1.60. The number of sulfonamides is 1. The Morgan fingerprint density at radius 3 is 2.62 bits per heavy atom. The lowest BCUT2D eigenvalue weighted by Crippen LogP contribution is -2.24. The molecule has 0 amide bonds. The summed E-state index contributed by atoms with van der Waals surface area (Å²) in [5, 5.41) is 0. The highest BCUT2D eigenvalue weighted by atomic mass is 32.2. The van der Waals surface area contributed by atoms with Gasteiger partial charge in [0.1, 0.15) is 10.6 Å². The Labute approximate surface area is 141 Å². The molecule has 7 nitrogen and oxygen atoms in total. The van der Waals surface area contributed by atoms with E-state index in [1.165, 1.54) is 0 Å². The van der Waals surface area contributed by atoms with Crippen LogP contribution in [0.5, 0.6) is 0 Å². The number of pyridine rings is 1. The Hall–Kier alpha value is -2.19. The van der Waals surface area contributed by atoms with Gasteiger partial charge >= 0.3 is 5.97 Å². The van der Waals surface area contributed by atoms with Gasteiger partial charge in [0.25, 0.3) is 0 Å². The zero-order chi connectivity index (χ0) is 17.9. The van der Waals surface area contributed by atoms with Crippen molar-refractivity contribution < 1.29 is 17.9 Å². The largest absolute Gasteiger partial charge is 0.461 e. The van der Waals surface area contributed by atoms with Crippen molar-refractivity contribution in [3.63, 3.8) is 0 Å². The van der Waals surface area contributed by atoms with Crippen LogP contribution in [0.15, 0.2) is 29.3 Å². The van der Waals surface area contributed by atoms with Gasteiger partial charge in [-0.2, -0.15) is 0 Å². The van der Waals surface area contributed by atoms with Gasteiger partial charge < -0.3 is 9.30 Å². The fourth-order valence-corrected chi connectivity index (χ4v) is 4.09. The number of ether oxygens (including phenoxy) is 1. The second-order valence-corrected chi connectivity index (χ2v) is 7.02. The minimum absolute atomic E-state index is 0.0751. The fourth-order valence-electron chi connectivity index (χ4n) is 2.58. The van der Waals surface area contributed by atoms with Crippen molar-refractivity contribution in [3.05, 3.63) is 47.0 Å². The second-order valence-electron chi connectivity index (χ2n) is 5.31. The molecule has 2 heterocycles. The van der Waals surface area contributed by atoms with E-state index < -0.39 is 16.0 Å². The van der Waals surface area contributed by atoms with Crippen LogP contribution in [0, 0.1) is 13.8 Å². The van der Waals surface area contributed by atoms with Crippen LogP contribution in [0.25, 0.3) is 0 Å². The summed E-state index contributed by atoms with van der Waals surface area (Å²) < 4.78 is 34.5. The molecule has 0 radical (unpaired) electrons. The molecule has 1 N–H and O–H groups in total. The Morgan fingerprint density at radius 2 is 2.04 bits per heavy atom.